The lowest BCUT2D eigenvalue weighted by molar-refractivity contribution is 0.0533. The Morgan fingerprint density at radius 3 is 2.68 bits per heavy atom. The molecule has 5 nitrogen and oxygen atoms in total. The number of unbranched alkanes of at least 4 members (excludes halogenated alkanes) is 2. The average Bonchev–Trinajstić information content (AvgIpc) is 2.71. The second kappa shape index (κ2) is 7.89. The first-order chi connectivity index (χ1) is 9.15. The van der Waals surface area contributed by atoms with Crippen molar-refractivity contribution in [3.63, 3.8) is 0 Å². The summed E-state index contributed by atoms with van der Waals surface area (Å²) in [5, 5.41) is 4.05. The Balaban J connectivity index is 2.80. The molecule has 3 N–H and O–H groups in total. The number of nitrogens with one attached hydrogen (secondary N) is 1. The Hall–Kier alpha value is -1.43. The van der Waals surface area contributed by atoms with Gasteiger partial charge in [-0.3, -0.25) is 0 Å². The third-order valence-electron chi connectivity index (χ3n) is 2.63. The summed E-state index contributed by atoms with van der Waals surface area (Å²) in [5.41, 5.74) is 6.27. The Morgan fingerprint density at radius 2 is 2.11 bits per heavy atom. The molecule has 0 spiro atoms. The molecule has 0 aliphatic carbocycles. The van der Waals surface area contributed by atoms with E-state index in [1.807, 2.05) is 0 Å². The second-order valence-corrected chi connectivity index (χ2v) is 5.08. The van der Waals surface area contributed by atoms with E-state index >= 15 is 0 Å². The lowest BCUT2D eigenvalue weighted by Gasteiger charge is -2.06. The highest BCUT2D eigenvalue weighted by molar-refractivity contribution is 7.19. The van der Waals surface area contributed by atoms with Crippen LogP contribution in [0.3, 0.4) is 0 Å². The topological polar surface area (TPSA) is 73.6 Å². The summed E-state index contributed by atoms with van der Waals surface area (Å²) in [4.78, 5) is 12.1. The van der Waals surface area contributed by atoms with Crippen molar-refractivity contribution in [3.8, 4) is 5.75 Å². The predicted octanol–water partition coefficient (Wildman–Crippen LogP) is 3.12. The minimum Gasteiger partial charge on any atom is -0.492 e. The van der Waals surface area contributed by atoms with Gasteiger partial charge in [0.1, 0.15) is 15.6 Å². The zero-order valence-electron chi connectivity index (χ0n) is 11.7. The van der Waals surface area contributed by atoms with Gasteiger partial charge in [-0.2, -0.15) is 0 Å². The van der Waals surface area contributed by atoms with E-state index in [1.54, 1.807) is 14.0 Å². The highest BCUT2D eigenvalue weighted by Gasteiger charge is 2.22. The minimum atomic E-state index is -0.398. The molecule has 0 fully saturated rings. The molecule has 0 amide bonds. The van der Waals surface area contributed by atoms with Gasteiger partial charge in [-0.25, -0.2) is 4.79 Å². The zero-order chi connectivity index (χ0) is 14.3. The monoisotopic (exact) mass is 286 g/mol. The molecule has 0 unspecified atom stereocenters. The van der Waals surface area contributed by atoms with Crippen LogP contribution in [-0.4, -0.2) is 26.2 Å². The number of carbonyl (C=O) groups excluding carboxylic acids is 1. The van der Waals surface area contributed by atoms with Gasteiger partial charge < -0.3 is 20.5 Å². The number of ether oxygens (including phenoxy) is 2. The molecule has 1 rings (SSSR count). The van der Waals surface area contributed by atoms with Crippen LogP contribution in [-0.2, 0) is 4.74 Å². The third-order valence-corrected chi connectivity index (χ3v) is 3.76. The Morgan fingerprint density at radius 1 is 1.37 bits per heavy atom. The summed E-state index contributed by atoms with van der Waals surface area (Å²) >= 11 is 1.28. The van der Waals surface area contributed by atoms with Gasteiger partial charge in [-0.05, 0) is 13.3 Å². The molecule has 6 heteroatoms. The van der Waals surface area contributed by atoms with Gasteiger partial charge in [0.2, 0.25) is 0 Å². The highest BCUT2D eigenvalue weighted by atomic mass is 32.1. The molecule has 0 radical (unpaired) electrons. The number of carbonyl (C=O) groups is 1. The summed E-state index contributed by atoms with van der Waals surface area (Å²) in [6, 6.07) is 0. The van der Waals surface area contributed by atoms with Crippen molar-refractivity contribution in [2.75, 3.05) is 31.3 Å². The number of nitrogen functional groups attached to an aromatic ring is 1. The van der Waals surface area contributed by atoms with Crippen molar-refractivity contribution in [1.29, 1.82) is 0 Å². The van der Waals surface area contributed by atoms with Crippen molar-refractivity contribution in [1.82, 2.24) is 0 Å². The van der Waals surface area contributed by atoms with Crippen LogP contribution in [0, 0.1) is 0 Å². The first-order valence-corrected chi connectivity index (χ1v) is 7.34. The van der Waals surface area contributed by atoms with Crippen molar-refractivity contribution in [2.45, 2.75) is 33.1 Å². The summed E-state index contributed by atoms with van der Waals surface area (Å²) in [6.07, 6.45) is 3.41. The van der Waals surface area contributed by atoms with E-state index in [2.05, 4.69) is 12.2 Å². The number of thiophene rings is 1. The third kappa shape index (κ3) is 4.02. The highest BCUT2D eigenvalue weighted by Crippen LogP contribution is 2.42. The number of rotatable bonds is 8. The largest absolute Gasteiger partial charge is 0.492 e. The Kier molecular flexibility index (Phi) is 6.49. The van der Waals surface area contributed by atoms with E-state index in [-0.39, 0.29) is 0 Å². The van der Waals surface area contributed by atoms with E-state index in [0.717, 1.165) is 18.0 Å². The van der Waals surface area contributed by atoms with Crippen LogP contribution in [0.25, 0.3) is 0 Å². The van der Waals surface area contributed by atoms with Crippen LogP contribution in [0.15, 0.2) is 0 Å². The quantitative estimate of drug-likeness (QED) is 0.567. The van der Waals surface area contributed by atoms with Gasteiger partial charge in [0, 0.05) is 6.54 Å². The van der Waals surface area contributed by atoms with Crippen molar-refractivity contribution in [3.05, 3.63) is 4.88 Å². The van der Waals surface area contributed by atoms with Crippen LogP contribution in [0.2, 0.25) is 0 Å². The maximum atomic E-state index is 11.7. The molecule has 0 aromatic carbocycles. The standard InChI is InChI=1S/C13H22N2O3S/c1-4-6-7-8-15-12-10(17-3)9(14)11(19-12)13(16)18-5-2/h15H,4-8,14H2,1-3H3. The predicted molar refractivity (Wildman–Crippen MR) is 79.3 cm³/mol. The molecule has 108 valence electrons. The van der Waals surface area contributed by atoms with Crippen LogP contribution < -0.4 is 15.8 Å². The lowest BCUT2D eigenvalue weighted by atomic mass is 10.2. The SMILES string of the molecule is CCCCCNc1sc(C(=O)OCC)c(N)c1OC. The van der Waals surface area contributed by atoms with Gasteiger partial charge in [-0.1, -0.05) is 19.8 Å². The molecular formula is C13H22N2O3S. The summed E-state index contributed by atoms with van der Waals surface area (Å²) < 4.78 is 10.2. The fourth-order valence-electron chi connectivity index (χ4n) is 1.67. The fourth-order valence-corrected chi connectivity index (χ4v) is 2.68. The van der Waals surface area contributed by atoms with Crippen LogP contribution in [0.1, 0.15) is 42.8 Å². The molecular weight excluding hydrogens is 264 g/mol. The summed E-state index contributed by atoms with van der Waals surface area (Å²) in [7, 11) is 1.55. The summed E-state index contributed by atoms with van der Waals surface area (Å²) in [6.45, 7) is 5.09. The van der Waals surface area contributed by atoms with Gasteiger partial charge in [-0.15, -0.1) is 11.3 Å². The number of anilines is 2. The minimum absolute atomic E-state index is 0.331. The normalized spacial score (nSPS) is 10.3. The second-order valence-electron chi connectivity index (χ2n) is 4.06. The van der Waals surface area contributed by atoms with Crippen molar-refractivity contribution >= 4 is 28.0 Å². The van der Waals surface area contributed by atoms with E-state index in [4.69, 9.17) is 15.2 Å². The molecule has 1 heterocycles. The number of methoxy groups -OCH3 is 1. The molecule has 0 saturated carbocycles. The molecule has 0 bridgehead atoms. The van der Waals surface area contributed by atoms with Crippen LogP contribution in [0.4, 0.5) is 10.7 Å². The first kappa shape index (κ1) is 15.6. The van der Waals surface area contributed by atoms with E-state index in [0.29, 0.717) is 22.9 Å². The molecule has 0 aliphatic heterocycles. The van der Waals surface area contributed by atoms with Crippen LogP contribution in [0.5, 0.6) is 5.75 Å². The Bertz CT molecular complexity index is 418. The fraction of sp³-hybridized carbons (Fsp3) is 0.615. The molecule has 1 aromatic rings. The Labute approximate surface area is 118 Å². The van der Waals surface area contributed by atoms with Crippen molar-refractivity contribution in [2.24, 2.45) is 0 Å². The number of nitrogens with two attached hydrogens (primary N) is 1. The number of hydrogen-bond donors (Lipinski definition) is 2. The van der Waals surface area contributed by atoms with Crippen LogP contribution >= 0.6 is 11.3 Å². The maximum Gasteiger partial charge on any atom is 0.350 e. The maximum absolute atomic E-state index is 11.7. The lowest BCUT2D eigenvalue weighted by Crippen LogP contribution is -2.05. The molecule has 0 aliphatic rings. The first-order valence-electron chi connectivity index (χ1n) is 6.52. The molecule has 19 heavy (non-hydrogen) atoms. The van der Waals surface area contributed by atoms with E-state index < -0.39 is 5.97 Å². The van der Waals surface area contributed by atoms with E-state index in [1.165, 1.54) is 24.2 Å². The smallest absolute Gasteiger partial charge is 0.350 e. The van der Waals surface area contributed by atoms with Gasteiger partial charge in [0.25, 0.3) is 0 Å². The zero-order valence-corrected chi connectivity index (χ0v) is 12.6. The number of esters is 1. The molecule has 1 aromatic heterocycles. The van der Waals surface area contributed by atoms with Gasteiger partial charge >= 0.3 is 5.97 Å². The van der Waals surface area contributed by atoms with Gasteiger partial charge in [0.15, 0.2) is 5.75 Å². The number of hydrogen-bond acceptors (Lipinski definition) is 6. The van der Waals surface area contributed by atoms with Gasteiger partial charge in [0.05, 0.1) is 13.7 Å². The summed E-state index contributed by atoms with van der Waals surface area (Å²) in [5.74, 6) is 0.134. The average molecular weight is 286 g/mol. The molecule has 0 saturated heterocycles. The van der Waals surface area contributed by atoms with E-state index in [9.17, 15) is 4.79 Å². The van der Waals surface area contributed by atoms with Crippen molar-refractivity contribution < 1.29 is 14.3 Å². The molecule has 0 atom stereocenters.